The Kier molecular flexibility index (Phi) is 5.95. The van der Waals surface area contributed by atoms with Crippen LogP contribution in [-0.2, 0) is 25.6 Å². The zero-order valence-corrected chi connectivity index (χ0v) is 13.2. The summed E-state index contributed by atoms with van der Waals surface area (Å²) in [7, 11) is 0. The van der Waals surface area contributed by atoms with E-state index in [-0.39, 0.29) is 24.0 Å². The van der Waals surface area contributed by atoms with Gasteiger partial charge in [0.2, 0.25) is 0 Å². The molecule has 0 bridgehead atoms. The molecule has 120 valence electrons. The third-order valence-corrected chi connectivity index (χ3v) is 3.84. The molecule has 0 saturated carbocycles. The molecule has 0 aromatic heterocycles. The average molecular weight is 305 g/mol. The first kappa shape index (κ1) is 16.5. The van der Waals surface area contributed by atoms with Crippen LogP contribution in [0.15, 0.2) is 30.3 Å². The van der Waals surface area contributed by atoms with Gasteiger partial charge in [-0.3, -0.25) is 14.5 Å². The van der Waals surface area contributed by atoms with E-state index in [4.69, 9.17) is 9.47 Å². The second-order valence-corrected chi connectivity index (χ2v) is 5.27. The van der Waals surface area contributed by atoms with E-state index >= 15 is 0 Å². The number of hydrogen-bond donors (Lipinski definition) is 0. The van der Waals surface area contributed by atoms with Crippen molar-refractivity contribution in [3.63, 3.8) is 0 Å². The Balaban J connectivity index is 2.17. The molecule has 1 aliphatic rings. The summed E-state index contributed by atoms with van der Waals surface area (Å²) in [5.41, 5.74) is 1.06. The van der Waals surface area contributed by atoms with Crippen molar-refractivity contribution < 1.29 is 19.1 Å². The maximum Gasteiger partial charge on any atom is 0.323 e. The van der Waals surface area contributed by atoms with Gasteiger partial charge >= 0.3 is 11.9 Å². The van der Waals surface area contributed by atoms with Gasteiger partial charge in [-0.1, -0.05) is 30.3 Å². The molecule has 5 heteroatoms. The summed E-state index contributed by atoms with van der Waals surface area (Å²) in [5, 5.41) is 0. The summed E-state index contributed by atoms with van der Waals surface area (Å²) in [6.07, 6.45) is 1.24. The summed E-state index contributed by atoms with van der Waals surface area (Å²) in [6, 6.07) is 9.06. The van der Waals surface area contributed by atoms with Gasteiger partial charge in [-0.15, -0.1) is 0 Å². The molecule has 2 rings (SSSR count). The lowest BCUT2D eigenvalue weighted by Gasteiger charge is -2.27. The summed E-state index contributed by atoms with van der Waals surface area (Å²) < 4.78 is 10.3. The van der Waals surface area contributed by atoms with Crippen molar-refractivity contribution in [2.75, 3.05) is 13.2 Å². The Morgan fingerprint density at radius 1 is 1.00 bits per heavy atom. The van der Waals surface area contributed by atoms with Gasteiger partial charge in [0.05, 0.1) is 13.2 Å². The predicted octanol–water partition coefficient (Wildman–Crippen LogP) is 2.15. The second kappa shape index (κ2) is 7.94. The molecule has 2 atom stereocenters. The number of esters is 2. The zero-order chi connectivity index (χ0) is 15.9. The van der Waals surface area contributed by atoms with Crippen molar-refractivity contribution in [3.8, 4) is 0 Å². The molecule has 0 unspecified atom stereocenters. The number of ether oxygens (including phenoxy) is 2. The molecule has 0 aliphatic carbocycles. The van der Waals surface area contributed by atoms with Crippen LogP contribution in [-0.4, -0.2) is 42.1 Å². The zero-order valence-electron chi connectivity index (χ0n) is 13.2. The topological polar surface area (TPSA) is 55.8 Å². The van der Waals surface area contributed by atoms with Gasteiger partial charge in [0, 0.05) is 6.54 Å². The average Bonchev–Trinajstić information content (AvgIpc) is 2.92. The van der Waals surface area contributed by atoms with Crippen molar-refractivity contribution >= 4 is 11.9 Å². The van der Waals surface area contributed by atoms with Gasteiger partial charge in [-0.25, -0.2) is 0 Å². The monoisotopic (exact) mass is 305 g/mol. The SMILES string of the molecule is CCOC(=O)[C@H]1CC[C@H](C(=O)OCC)N1Cc1ccccc1. The molecule has 1 aliphatic heterocycles. The third kappa shape index (κ3) is 3.85. The molecule has 1 heterocycles. The second-order valence-electron chi connectivity index (χ2n) is 5.27. The minimum Gasteiger partial charge on any atom is -0.465 e. The molecule has 5 nitrogen and oxygen atoms in total. The van der Waals surface area contributed by atoms with E-state index in [1.54, 1.807) is 13.8 Å². The molecule has 1 aromatic rings. The summed E-state index contributed by atoms with van der Waals surface area (Å²) >= 11 is 0. The number of rotatable bonds is 6. The Bertz CT molecular complexity index is 477. The lowest BCUT2D eigenvalue weighted by Crippen LogP contribution is -2.44. The number of benzene rings is 1. The highest BCUT2D eigenvalue weighted by molar-refractivity contribution is 5.81. The number of carbonyl (C=O) groups is 2. The van der Waals surface area contributed by atoms with E-state index in [0.29, 0.717) is 32.6 Å². The Morgan fingerprint density at radius 2 is 1.50 bits per heavy atom. The summed E-state index contributed by atoms with van der Waals surface area (Å²) in [5.74, 6) is -0.518. The fourth-order valence-electron chi connectivity index (χ4n) is 2.86. The van der Waals surface area contributed by atoms with Crippen molar-refractivity contribution in [1.82, 2.24) is 4.90 Å². The van der Waals surface area contributed by atoms with E-state index in [1.165, 1.54) is 0 Å². The van der Waals surface area contributed by atoms with Gasteiger partial charge in [0.15, 0.2) is 0 Å². The van der Waals surface area contributed by atoms with Gasteiger partial charge in [-0.2, -0.15) is 0 Å². The standard InChI is InChI=1S/C17H23NO4/c1-3-21-16(19)14-10-11-15(17(20)22-4-2)18(14)12-13-8-6-5-7-9-13/h5-9,14-15H,3-4,10-12H2,1-2H3/t14-,15-/m1/s1. The quantitative estimate of drug-likeness (QED) is 0.754. The highest BCUT2D eigenvalue weighted by atomic mass is 16.5. The van der Waals surface area contributed by atoms with Crippen LogP contribution in [0.5, 0.6) is 0 Å². The van der Waals surface area contributed by atoms with Crippen molar-refractivity contribution in [3.05, 3.63) is 35.9 Å². The molecule has 22 heavy (non-hydrogen) atoms. The summed E-state index contributed by atoms with van der Waals surface area (Å²) in [6.45, 7) is 4.80. The fraction of sp³-hybridized carbons (Fsp3) is 0.529. The maximum atomic E-state index is 12.2. The highest BCUT2D eigenvalue weighted by Crippen LogP contribution is 2.28. The van der Waals surface area contributed by atoms with Crippen molar-refractivity contribution in [2.45, 2.75) is 45.3 Å². The molecule has 1 aromatic carbocycles. The molecule has 1 saturated heterocycles. The van der Waals surface area contributed by atoms with E-state index in [2.05, 4.69) is 0 Å². The third-order valence-electron chi connectivity index (χ3n) is 3.84. The number of likely N-dealkylation sites (tertiary alicyclic amines) is 1. The number of hydrogen-bond acceptors (Lipinski definition) is 5. The smallest absolute Gasteiger partial charge is 0.323 e. The van der Waals surface area contributed by atoms with Crippen molar-refractivity contribution in [1.29, 1.82) is 0 Å². The molecule has 0 N–H and O–H groups in total. The minimum atomic E-state index is -0.380. The molecule has 0 spiro atoms. The predicted molar refractivity (Wildman–Crippen MR) is 82.1 cm³/mol. The number of nitrogens with zero attached hydrogens (tertiary/aromatic N) is 1. The van der Waals surface area contributed by atoms with Crippen LogP contribution < -0.4 is 0 Å². The fourth-order valence-corrected chi connectivity index (χ4v) is 2.86. The molecule has 0 radical (unpaired) electrons. The highest BCUT2D eigenvalue weighted by Gasteiger charge is 2.42. The largest absolute Gasteiger partial charge is 0.465 e. The van der Waals surface area contributed by atoms with Gasteiger partial charge in [0.25, 0.3) is 0 Å². The molecule has 0 amide bonds. The lowest BCUT2D eigenvalue weighted by atomic mass is 10.2. The van der Waals surface area contributed by atoms with Crippen LogP contribution in [0.1, 0.15) is 32.3 Å². The van der Waals surface area contributed by atoms with E-state index < -0.39 is 0 Å². The molecular weight excluding hydrogens is 282 g/mol. The van der Waals surface area contributed by atoms with Gasteiger partial charge in [0.1, 0.15) is 12.1 Å². The first-order valence-electron chi connectivity index (χ1n) is 7.80. The van der Waals surface area contributed by atoms with E-state index in [9.17, 15) is 9.59 Å². The first-order chi connectivity index (χ1) is 10.7. The summed E-state index contributed by atoms with van der Waals surface area (Å²) in [4.78, 5) is 26.2. The van der Waals surface area contributed by atoms with Gasteiger partial charge in [-0.05, 0) is 32.3 Å². The van der Waals surface area contributed by atoms with Crippen LogP contribution in [0.2, 0.25) is 0 Å². The maximum absolute atomic E-state index is 12.2. The van der Waals surface area contributed by atoms with Crippen LogP contribution >= 0.6 is 0 Å². The van der Waals surface area contributed by atoms with E-state index in [0.717, 1.165) is 5.56 Å². The van der Waals surface area contributed by atoms with Crippen LogP contribution in [0.4, 0.5) is 0 Å². The first-order valence-corrected chi connectivity index (χ1v) is 7.80. The molecule has 1 fully saturated rings. The van der Waals surface area contributed by atoms with Crippen LogP contribution in [0.25, 0.3) is 0 Å². The normalized spacial score (nSPS) is 21.5. The van der Waals surface area contributed by atoms with E-state index in [1.807, 2.05) is 35.2 Å². The Hall–Kier alpha value is -1.88. The Labute approximate surface area is 131 Å². The van der Waals surface area contributed by atoms with Crippen LogP contribution in [0.3, 0.4) is 0 Å². The lowest BCUT2D eigenvalue weighted by molar-refractivity contribution is -0.153. The van der Waals surface area contributed by atoms with Gasteiger partial charge < -0.3 is 9.47 Å². The minimum absolute atomic E-state index is 0.259. The Morgan fingerprint density at radius 3 is 1.95 bits per heavy atom. The van der Waals surface area contributed by atoms with Crippen LogP contribution in [0, 0.1) is 0 Å². The van der Waals surface area contributed by atoms with Crippen molar-refractivity contribution in [2.24, 2.45) is 0 Å². The number of carbonyl (C=O) groups excluding carboxylic acids is 2. The molecular formula is C17H23NO4.